The van der Waals surface area contributed by atoms with Crippen LogP contribution in [0.15, 0.2) is 36.5 Å². The Morgan fingerprint density at radius 1 is 1.25 bits per heavy atom. The van der Waals surface area contributed by atoms with Gasteiger partial charge in [-0.15, -0.1) is 0 Å². The molecule has 1 saturated heterocycles. The van der Waals surface area contributed by atoms with Gasteiger partial charge in [-0.05, 0) is 69.4 Å². The summed E-state index contributed by atoms with van der Waals surface area (Å²) in [4.78, 5) is 2.57. The van der Waals surface area contributed by atoms with Gasteiger partial charge < -0.3 is 10.2 Å². The normalized spacial score (nSPS) is 17.7. The number of anilines is 1. The number of nitrogens with zero attached hydrogens (tertiary/aromatic N) is 1. The van der Waals surface area contributed by atoms with Crippen molar-refractivity contribution in [2.45, 2.75) is 31.4 Å². The van der Waals surface area contributed by atoms with E-state index < -0.39 is 0 Å². The zero-order valence-electron chi connectivity index (χ0n) is 12.6. The predicted molar refractivity (Wildman–Crippen MR) is 91.6 cm³/mol. The van der Waals surface area contributed by atoms with Crippen molar-refractivity contribution < 1.29 is 0 Å². The third-order valence-corrected chi connectivity index (χ3v) is 4.76. The number of hydrogen-bond donors (Lipinski definition) is 1. The van der Waals surface area contributed by atoms with Crippen LogP contribution in [0.2, 0.25) is 0 Å². The molecule has 1 aliphatic heterocycles. The summed E-state index contributed by atoms with van der Waals surface area (Å²) in [6.45, 7) is 5.98. The van der Waals surface area contributed by atoms with Gasteiger partial charge in [-0.1, -0.05) is 18.2 Å². The Bertz CT molecular complexity index is 408. The summed E-state index contributed by atoms with van der Waals surface area (Å²) in [5, 5.41) is 3.89. The maximum Gasteiger partial charge on any atom is 0.0379 e. The van der Waals surface area contributed by atoms with Crippen LogP contribution in [0, 0.1) is 0 Å². The molecule has 1 aliphatic rings. The summed E-state index contributed by atoms with van der Waals surface area (Å²) >= 11 is 1.85. The van der Waals surface area contributed by atoms with Gasteiger partial charge in [0.25, 0.3) is 0 Å². The van der Waals surface area contributed by atoms with Gasteiger partial charge in [-0.2, -0.15) is 11.8 Å². The van der Waals surface area contributed by atoms with E-state index in [2.05, 4.69) is 53.7 Å². The van der Waals surface area contributed by atoms with E-state index >= 15 is 0 Å². The van der Waals surface area contributed by atoms with Gasteiger partial charge in [0.05, 0.1) is 0 Å². The van der Waals surface area contributed by atoms with Crippen LogP contribution < -0.4 is 5.32 Å². The summed E-state index contributed by atoms with van der Waals surface area (Å²) in [7, 11) is 0. The quantitative estimate of drug-likeness (QED) is 0.817. The minimum absolute atomic E-state index is 0.558. The molecule has 3 heteroatoms. The zero-order chi connectivity index (χ0) is 14.2. The van der Waals surface area contributed by atoms with Crippen molar-refractivity contribution in [1.82, 2.24) is 4.90 Å². The van der Waals surface area contributed by atoms with Crippen LogP contribution >= 0.6 is 11.8 Å². The topological polar surface area (TPSA) is 15.3 Å². The maximum absolute atomic E-state index is 3.33. The van der Waals surface area contributed by atoms with Crippen molar-refractivity contribution >= 4 is 17.4 Å². The number of benzene rings is 1. The van der Waals surface area contributed by atoms with Gasteiger partial charge in [0, 0.05) is 17.5 Å². The number of thioether (sulfide) groups is 1. The Labute approximate surface area is 127 Å². The highest BCUT2D eigenvalue weighted by atomic mass is 32.2. The van der Waals surface area contributed by atoms with Crippen LogP contribution in [0.5, 0.6) is 0 Å². The molecule has 1 heterocycles. The van der Waals surface area contributed by atoms with Crippen molar-refractivity contribution in [2.75, 3.05) is 31.2 Å². The first-order chi connectivity index (χ1) is 9.78. The molecule has 2 rings (SSSR count). The lowest BCUT2D eigenvalue weighted by molar-refractivity contribution is 0.343. The third-order valence-electron chi connectivity index (χ3n) is 3.86. The highest BCUT2D eigenvalue weighted by Gasteiger charge is 2.10. The largest absolute Gasteiger partial charge is 0.362 e. The molecule has 110 valence electrons. The molecule has 20 heavy (non-hydrogen) atoms. The van der Waals surface area contributed by atoms with E-state index in [9.17, 15) is 0 Å². The van der Waals surface area contributed by atoms with E-state index in [4.69, 9.17) is 0 Å². The minimum Gasteiger partial charge on any atom is -0.362 e. The third kappa shape index (κ3) is 5.22. The lowest BCUT2D eigenvalue weighted by atomic mass is 10.1. The molecule has 1 unspecified atom stereocenters. The van der Waals surface area contributed by atoms with Gasteiger partial charge in [-0.3, -0.25) is 0 Å². The van der Waals surface area contributed by atoms with E-state index in [1.54, 1.807) is 0 Å². The summed E-state index contributed by atoms with van der Waals surface area (Å²) in [6.07, 6.45) is 10.3. The molecule has 1 aromatic carbocycles. The van der Waals surface area contributed by atoms with Crippen molar-refractivity contribution in [3.63, 3.8) is 0 Å². The van der Waals surface area contributed by atoms with Gasteiger partial charge in [0.2, 0.25) is 0 Å². The average Bonchev–Trinajstić information content (AvgIpc) is 2.99. The highest BCUT2D eigenvalue weighted by molar-refractivity contribution is 7.99. The number of rotatable bonds is 7. The number of likely N-dealkylation sites (tertiary alicyclic amines) is 1. The van der Waals surface area contributed by atoms with Crippen LogP contribution in [0.3, 0.4) is 0 Å². The lowest BCUT2D eigenvalue weighted by Gasteiger charge is -2.14. The van der Waals surface area contributed by atoms with E-state index in [0.717, 1.165) is 0 Å². The molecular weight excluding hydrogens is 264 g/mol. The summed E-state index contributed by atoms with van der Waals surface area (Å²) < 4.78 is 0. The Kier molecular flexibility index (Phi) is 6.48. The first-order valence-corrected chi connectivity index (χ1v) is 8.84. The van der Waals surface area contributed by atoms with E-state index in [0.29, 0.717) is 5.25 Å². The van der Waals surface area contributed by atoms with Crippen LogP contribution in [0.25, 0.3) is 0 Å². The maximum atomic E-state index is 3.33. The molecule has 0 spiro atoms. The van der Waals surface area contributed by atoms with Crippen LogP contribution in [0.1, 0.15) is 25.3 Å². The second kappa shape index (κ2) is 8.38. The van der Waals surface area contributed by atoms with Crippen molar-refractivity contribution in [3.05, 3.63) is 42.1 Å². The van der Waals surface area contributed by atoms with Gasteiger partial charge in [-0.25, -0.2) is 0 Å². The van der Waals surface area contributed by atoms with Crippen LogP contribution in [-0.2, 0) is 6.42 Å². The van der Waals surface area contributed by atoms with Gasteiger partial charge >= 0.3 is 0 Å². The first kappa shape index (κ1) is 15.5. The molecule has 0 aromatic heterocycles. The van der Waals surface area contributed by atoms with Crippen molar-refractivity contribution in [2.24, 2.45) is 0 Å². The summed E-state index contributed by atoms with van der Waals surface area (Å²) in [5.74, 6) is 0. The lowest BCUT2D eigenvalue weighted by Crippen LogP contribution is -2.21. The first-order valence-electron chi connectivity index (χ1n) is 7.55. The molecule has 0 radical (unpaired) electrons. The number of hydrogen-bond acceptors (Lipinski definition) is 3. The van der Waals surface area contributed by atoms with Gasteiger partial charge in [0.15, 0.2) is 0 Å². The fraction of sp³-hybridized carbons (Fsp3) is 0.529. The monoisotopic (exact) mass is 290 g/mol. The molecule has 1 fully saturated rings. The van der Waals surface area contributed by atoms with Crippen molar-refractivity contribution in [3.8, 4) is 0 Å². The zero-order valence-corrected chi connectivity index (χ0v) is 13.5. The molecular formula is C17H26N2S. The highest BCUT2D eigenvalue weighted by Crippen LogP contribution is 2.13. The van der Waals surface area contributed by atoms with E-state index in [1.807, 2.05) is 18.0 Å². The second-order valence-electron chi connectivity index (χ2n) is 5.44. The summed E-state index contributed by atoms with van der Waals surface area (Å²) in [6, 6.07) is 8.83. The van der Waals surface area contributed by atoms with Gasteiger partial charge in [0.1, 0.15) is 0 Å². The van der Waals surface area contributed by atoms with Crippen LogP contribution in [-0.4, -0.2) is 36.0 Å². The fourth-order valence-corrected chi connectivity index (χ4v) is 2.66. The Balaban J connectivity index is 1.75. The molecule has 0 aliphatic carbocycles. The van der Waals surface area contributed by atoms with E-state index in [-0.39, 0.29) is 0 Å². The molecule has 0 bridgehead atoms. The fourth-order valence-electron chi connectivity index (χ4n) is 2.42. The van der Waals surface area contributed by atoms with E-state index in [1.165, 1.54) is 50.1 Å². The Morgan fingerprint density at radius 2 is 1.95 bits per heavy atom. The SMILES string of the molecule is CSC(C)C=CNc1ccc(CCN2CCCC2)cc1. The van der Waals surface area contributed by atoms with Crippen LogP contribution in [0.4, 0.5) is 5.69 Å². The summed E-state index contributed by atoms with van der Waals surface area (Å²) in [5.41, 5.74) is 2.60. The smallest absolute Gasteiger partial charge is 0.0379 e. The molecule has 1 atom stereocenters. The molecule has 1 N–H and O–H groups in total. The number of nitrogens with one attached hydrogen (secondary N) is 1. The average molecular weight is 290 g/mol. The Hall–Kier alpha value is -0.930. The molecule has 0 amide bonds. The molecule has 2 nitrogen and oxygen atoms in total. The minimum atomic E-state index is 0.558. The predicted octanol–water partition coefficient (Wildman–Crippen LogP) is 4.00. The Morgan fingerprint density at radius 3 is 2.60 bits per heavy atom. The molecule has 0 saturated carbocycles. The second-order valence-corrected chi connectivity index (χ2v) is 6.65. The molecule has 1 aromatic rings. The van der Waals surface area contributed by atoms with Crippen molar-refractivity contribution in [1.29, 1.82) is 0 Å². The standard InChI is InChI=1S/C17H26N2S/c1-15(20-2)9-11-18-17-7-5-16(6-8-17)10-14-19-12-3-4-13-19/h5-9,11,15,18H,3-4,10,12-14H2,1-2H3.